The molecule has 1 aromatic heterocycles. The van der Waals surface area contributed by atoms with Crippen LogP contribution in [0.3, 0.4) is 0 Å². The van der Waals surface area contributed by atoms with E-state index in [4.69, 9.17) is 5.10 Å². The van der Waals surface area contributed by atoms with E-state index in [0.717, 1.165) is 36.5 Å². The van der Waals surface area contributed by atoms with E-state index in [0.29, 0.717) is 11.1 Å². The van der Waals surface area contributed by atoms with Gasteiger partial charge in [-0.1, -0.05) is 0 Å². The Kier molecular flexibility index (Phi) is 4.07. The number of fused-ring (bicyclic) bond motifs is 1. The first-order valence-corrected chi connectivity index (χ1v) is 9.27. The molecular formula is C20H24N4O3. The Labute approximate surface area is 157 Å². The molecule has 4 rings (SSSR count). The first kappa shape index (κ1) is 17.7. The molecule has 2 heterocycles. The molecular weight excluding hydrogens is 344 g/mol. The predicted octanol–water partition coefficient (Wildman–Crippen LogP) is 2.89. The monoisotopic (exact) mass is 368 g/mol. The maximum atomic E-state index is 11.9. The second-order valence-electron chi connectivity index (χ2n) is 8.37. The third-order valence-corrected chi connectivity index (χ3v) is 5.20. The smallest absolute Gasteiger partial charge is 0.259 e. The van der Waals surface area contributed by atoms with Crippen LogP contribution in [0.25, 0.3) is 0 Å². The minimum Gasteiger partial charge on any atom is -0.393 e. The van der Waals surface area contributed by atoms with Crippen molar-refractivity contribution in [2.75, 3.05) is 5.32 Å². The van der Waals surface area contributed by atoms with Gasteiger partial charge in [-0.25, -0.2) is 4.68 Å². The summed E-state index contributed by atoms with van der Waals surface area (Å²) < 4.78 is 1.94. The third-order valence-electron chi connectivity index (χ3n) is 5.20. The standard InChI is InChI=1S/C20H24N4O3/c1-20(2,3)24-17(10-16(23-24)11-4-6-13(25)8-11)21-12-5-7-14-15(9-12)19(27)22-18(14)26/h5,7,9-11,13,21,25H,4,6,8H2,1-3H3,(H,22,26,27)/t11-,13+/m0/s1. The summed E-state index contributed by atoms with van der Waals surface area (Å²) in [6.07, 6.45) is 2.23. The SMILES string of the molecule is CC(C)(C)n1nc([C@H]2CC[C@@H](O)C2)cc1Nc1ccc2c(c1)C(=O)NC2=O. The van der Waals surface area contributed by atoms with Crippen molar-refractivity contribution in [1.29, 1.82) is 0 Å². The zero-order valence-corrected chi connectivity index (χ0v) is 15.7. The Hall–Kier alpha value is -2.67. The first-order valence-electron chi connectivity index (χ1n) is 9.27. The van der Waals surface area contributed by atoms with Gasteiger partial charge in [-0.3, -0.25) is 14.9 Å². The van der Waals surface area contributed by atoms with E-state index < -0.39 is 0 Å². The summed E-state index contributed by atoms with van der Waals surface area (Å²) in [5.74, 6) is 0.350. The maximum Gasteiger partial charge on any atom is 0.259 e. The summed E-state index contributed by atoms with van der Waals surface area (Å²) in [5.41, 5.74) is 2.24. The highest BCUT2D eigenvalue weighted by molar-refractivity contribution is 6.21. The maximum absolute atomic E-state index is 11.9. The molecule has 27 heavy (non-hydrogen) atoms. The van der Waals surface area contributed by atoms with Crippen molar-refractivity contribution in [1.82, 2.24) is 15.1 Å². The average Bonchev–Trinajstić information content (AvgIpc) is 3.26. The third kappa shape index (κ3) is 3.23. The van der Waals surface area contributed by atoms with Gasteiger partial charge < -0.3 is 10.4 Å². The molecule has 1 aromatic carbocycles. The van der Waals surface area contributed by atoms with E-state index in [9.17, 15) is 14.7 Å². The Morgan fingerprint density at radius 2 is 1.89 bits per heavy atom. The number of aliphatic hydroxyl groups is 1. The number of nitrogens with one attached hydrogen (secondary N) is 2. The van der Waals surface area contributed by atoms with E-state index in [1.165, 1.54) is 0 Å². The topological polar surface area (TPSA) is 96.2 Å². The van der Waals surface area contributed by atoms with Crippen LogP contribution in [0.4, 0.5) is 11.5 Å². The van der Waals surface area contributed by atoms with Gasteiger partial charge >= 0.3 is 0 Å². The van der Waals surface area contributed by atoms with E-state index >= 15 is 0 Å². The summed E-state index contributed by atoms with van der Waals surface area (Å²) in [4.78, 5) is 23.6. The molecule has 2 aliphatic rings. The fraction of sp³-hybridized carbons (Fsp3) is 0.450. The molecule has 1 aliphatic heterocycles. The van der Waals surface area contributed by atoms with Crippen molar-refractivity contribution in [3.63, 3.8) is 0 Å². The molecule has 0 radical (unpaired) electrons. The molecule has 2 aromatic rings. The van der Waals surface area contributed by atoms with Crippen molar-refractivity contribution in [3.8, 4) is 0 Å². The van der Waals surface area contributed by atoms with Gasteiger partial charge in [0.05, 0.1) is 28.5 Å². The molecule has 142 valence electrons. The van der Waals surface area contributed by atoms with Gasteiger partial charge in [0.2, 0.25) is 0 Å². The summed E-state index contributed by atoms with van der Waals surface area (Å²) in [5, 5.41) is 20.3. The number of aromatic nitrogens is 2. The van der Waals surface area contributed by atoms with Gasteiger partial charge in [0, 0.05) is 17.7 Å². The van der Waals surface area contributed by atoms with Crippen LogP contribution in [0, 0.1) is 0 Å². The number of carbonyl (C=O) groups is 2. The lowest BCUT2D eigenvalue weighted by molar-refractivity contribution is 0.0879. The molecule has 0 saturated heterocycles. The Morgan fingerprint density at radius 3 is 2.56 bits per heavy atom. The van der Waals surface area contributed by atoms with Gasteiger partial charge in [-0.05, 0) is 58.2 Å². The molecule has 0 unspecified atom stereocenters. The number of nitrogens with zero attached hydrogens (tertiary/aromatic N) is 2. The van der Waals surface area contributed by atoms with Crippen LogP contribution in [0.1, 0.15) is 72.4 Å². The van der Waals surface area contributed by atoms with Gasteiger partial charge in [0.25, 0.3) is 11.8 Å². The van der Waals surface area contributed by atoms with Crippen LogP contribution in [-0.4, -0.2) is 32.8 Å². The van der Waals surface area contributed by atoms with Gasteiger partial charge in [0.1, 0.15) is 5.82 Å². The fourth-order valence-corrected chi connectivity index (χ4v) is 3.82. The highest BCUT2D eigenvalue weighted by Gasteiger charge is 2.30. The normalized spacial score (nSPS) is 22.1. The quantitative estimate of drug-likeness (QED) is 0.724. The fourth-order valence-electron chi connectivity index (χ4n) is 3.82. The largest absolute Gasteiger partial charge is 0.393 e. The molecule has 1 aliphatic carbocycles. The van der Waals surface area contributed by atoms with Crippen LogP contribution in [-0.2, 0) is 5.54 Å². The molecule has 2 atom stereocenters. The first-order chi connectivity index (χ1) is 12.7. The molecule has 7 nitrogen and oxygen atoms in total. The zero-order valence-electron chi connectivity index (χ0n) is 15.7. The average molecular weight is 368 g/mol. The molecule has 1 fully saturated rings. The lowest BCUT2D eigenvalue weighted by Crippen LogP contribution is -2.24. The van der Waals surface area contributed by atoms with E-state index in [1.807, 2.05) is 10.7 Å². The second kappa shape index (κ2) is 6.20. The zero-order chi connectivity index (χ0) is 19.3. The number of hydrogen-bond acceptors (Lipinski definition) is 5. The molecule has 0 spiro atoms. The Bertz CT molecular complexity index is 926. The van der Waals surface area contributed by atoms with E-state index in [1.54, 1.807) is 18.2 Å². The van der Waals surface area contributed by atoms with Crippen LogP contribution in [0.5, 0.6) is 0 Å². The number of rotatable bonds is 3. The number of imide groups is 1. The minimum atomic E-state index is -0.372. The number of hydrogen-bond donors (Lipinski definition) is 3. The summed E-state index contributed by atoms with van der Waals surface area (Å²) in [7, 11) is 0. The summed E-state index contributed by atoms with van der Waals surface area (Å²) in [6.45, 7) is 6.23. The number of carbonyl (C=O) groups excluding carboxylic acids is 2. The van der Waals surface area contributed by atoms with Crippen molar-refractivity contribution >= 4 is 23.3 Å². The number of aliphatic hydroxyl groups excluding tert-OH is 1. The molecule has 2 amide bonds. The lowest BCUT2D eigenvalue weighted by Gasteiger charge is -2.23. The molecule has 3 N–H and O–H groups in total. The number of benzene rings is 1. The van der Waals surface area contributed by atoms with Gasteiger partial charge in [-0.2, -0.15) is 5.10 Å². The van der Waals surface area contributed by atoms with Crippen molar-refractivity contribution < 1.29 is 14.7 Å². The molecule has 0 bridgehead atoms. The van der Waals surface area contributed by atoms with Crippen molar-refractivity contribution in [2.24, 2.45) is 0 Å². The minimum absolute atomic E-state index is 0.234. The Balaban J connectivity index is 1.67. The van der Waals surface area contributed by atoms with Gasteiger partial charge in [-0.15, -0.1) is 0 Å². The van der Waals surface area contributed by atoms with Crippen LogP contribution >= 0.6 is 0 Å². The highest BCUT2D eigenvalue weighted by Crippen LogP contribution is 2.36. The number of amides is 2. The summed E-state index contributed by atoms with van der Waals surface area (Å²) in [6, 6.07) is 7.15. The summed E-state index contributed by atoms with van der Waals surface area (Å²) >= 11 is 0. The van der Waals surface area contributed by atoms with Crippen molar-refractivity contribution in [3.05, 3.63) is 41.1 Å². The Morgan fingerprint density at radius 1 is 1.15 bits per heavy atom. The highest BCUT2D eigenvalue weighted by atomic mass is 16.3. The van der Waals surface area contributed by atoms with E-state index in [-0.39, 0.29) is 29.4 Å². The van der Waals surface area contributed by atoms with Gasteiger partial charge in [0.15, 0.2) is 0 Å². The van der Waals surface area contributed by atoms with E-state index in [2.05, 4.69) is 31.4 Å². The molecule has 1 saturated carbocycles. The van der Waals surface area contributed by atoms with Crippen LogP contribution < -0.4 is 10.6 Å². The number of anilines is 2. The lowest BCUT2D eigenvalue weighted by atomic mass is 10.0. The molecule has 7 heteroatoms. The van der Waals surface area contributed by atoms with Crippen LogP contribution in [0.2, 0.25) is 0 Å². The van der Waals surface area contributed by atoms with Crippen LogP contribution in [0.15, 0.2) is 24.3 Å². The second-order valence-corrected chi connectivity index (χ2v) is 8.37. The predicted molar refractivity (Wildman–Crippen MR) is 101 cm³/mol. The van der Waals surface area contributed by atoms with Crippen molar-refractivity contribution in [2.45, 2.75) is 57.6 Å².